The van der Waals surface area contributed by atoms with Crippen LogP contribution in [-0.2, 0) is 11.2 Å². The Morgan fingerprint density at radius 3 is 2.78 bits per heavy atom. The number of benzene rings is 1. The minimum atomic E-state index is -0.0604. The van der Waals surface area contributed by atoms with Crippen LogP contribution in [0.5, 0.6) is 5.75 Å². The summed E-state index contributed by atoms with van der Waals surface area (Å²) < 4.78 is 5.47. The molecule has 1 atom stereocenters. The van der Waals surface area contributed by atoms with Gasteiger partial charge in [-0.15, -0.1) is 0 Å². The summed E-state index contributed by atoms with van der Waals surface area (Å²) in [6.07, 6.45) is 4.22. The minimum absolute atomic E-state index is 0.0145. The van der Waals surface area contributed by atoms with Crippen LogP contribution in [0.3, 0.4) is 0 Å². The van der Waals surface area contributed by atoms with Gasteiger partial charge in [-0.05, 0) is 29.9 Å². The second kappa shape index (κ2) is 5.13. The van der Waals surface area contributed by atoms with Gasteiger partial charge in [0.2, 0.25) is 0 Å². The van der Waals surface area contributed by atoms with Gasteiger partial charge < -0.3 is 4.74 Å². The summed E-state index contributed by atoms with van der Waals surface area (Å²) in [7, 11) is 0. The van der Waals surface area contributed by atoms with Gasteiger partial charge >= 0.3 is 5.97 Å². The molecule has 0 saturated heterocycles. The van der Waals surface area contributed by atoms with Gasteiger partial charge in [0.25, 0.3) is 0 Å². The molecule has 0 fully saturated rings. The topological polar surface area (TPSA) is 26.3 Å². The highest BCUT2D eigenvalue weighted by atomic mass is 16.5. The molecule has 1 aliphatic rings. The van der Waals surface area contributed by atoms with E-state index >= 15 is 0 Å². The van der Waals surface area contributed by atoms with Crippen LogP contribution in [0.4, 0.5) is 0 Å². The third-order valence-electron chi connectivity index (χ3n) is 4.01. The van der Waals surface area contributed by atoms with Gasteiger partial charge in [0.05, 0.1) is 5.92 Å². The summed E-state index contributed by atoms with van der Waals surface area (Å²) >= 11 is 0. The lowest BCUT2D eigenvalue weighted by atomic mass is 9.71. The van der Waals surface area contributed by atoms with Crippen LogP contribution < -0.4 is 4.74 Å². The number of para-hydroxylation sites is 1. The largest absolute Gasteiger partial charge is 0.426 e. The molecule has 0 radical (unpaired) electrons. The number of carbonyl (C=O) groups excluding carboxylic acids is 1. The van der Waals surface area contributed by atoms with Crippen LogP contribution in [0.1, 0.15) is 45.6 Å². The Hall–Kier alpha value is -1.31. The molecular formula is C16H22O2. The van der Waals surface area contributed by atoms with Gasteiger partial charge in [0.1, 0.15) is 5.75 Å². The van der Waals surface area contributed by atoms with Crippen molar-refractivity contribution in [3.63, 3.8) is 0 Å². The first-order chi connectivity index (χ1) is 8.54. The van der Waals surface area contributed by atoms with Crippen molar-refractivity contribution in [1.29, 1.82) is 0 Å². The molecule has 0 N–H and O–H groups in total. The zero-order valence-electron chi connectivity index (χ0n) is 11.5. The predicted octanol–water partition coefficient (Wildman–Crippen LogP) is 3.98. The molecule has 1 aromatic carbocycles. The van der Waals surface area contributed by atoms with Crippen molar-refractivity contribution in [2.75, 3.05) is 0 Å². The van der Waals surface area contributed by atoms with E-state index in [1.54, 1.807) is 0 Å². The molecule has 0 aromatic heterocycles. The van der Waals surface area contributed by atoms with Crippen LogP contribution in [0.25, 0.3) is 0 Å². The number of ether oxygens (including phenoxy) is 1. The van der Waals surface area contributed by atoms with Gasteiger partial charge in [0, 0.05) is 0 Å². The summed E-state index contributed by atoms with van der Waals surface area (Å²) in [6, 6.07) is 7.86. The van der Waals surface area contributed by atoms with E-state index < -0.39 is 0 Å². The monoisotopic (exact) mass is 246 g/mol. The average Bonchev–Trinajstić information content (AvgIpc) is 2.35. The zero-order chi connectivity index (χ0) is 13.2. The van der Waals surface area contributed by atoms with Crippen LogP contribution in [0.2, 0.25) is 0 Å². The van der Waals surface area contributed by atoms with Gasteiger partial charge in [0.15, 0.2) is 0 Å². The standard InChI is InChI=1S/C16H22O2/c1-4-5-10-16(2,3)13-11-12-8-6-7-9-14(12)18-15(13)17/h6-9,13H,4-5,10-11H2,1-3H3. The quantitative estimate of drug-likeness (QED) is 0.593. The fourth-order valence-corrected chi connectivity index (χ4v) is 2.66. The molecule has 2 rings (SSSR count). The lowest BCUT2D eigenvalue weighted by Crippen LogP contribution is -2.38. The maximum atomic E-state index is 12.1. The maximum Gasteiger partial charge on any atom is 0.315 e. The number of rotatable bonds is 4. The maximum absolute atomic E-state index is 12.1. The first-order valence-electron chi connectivity index (χ1n) is 6.84. The van der Waals surface area contributed by atoms with Crippen molar-refractivity contribution >= 4 is 5.97 Å². The van der Waals surface area contributed by atoms with Crippen LogP contribution in [-0.4, -0.2) is 5.97 Å². The van der Waals surface area contributed by atoms with E-state index in [0.717, 1.165) is 24.2 Å². The summed E-state index contributed by atoms with van der Waals surface area (Å²) in [6.45, 7) is 6.55. The van der Waals surface area contributed by atoms with E-state index in [1.807, 2.05) is 18.2 Å². The van der Waals surface area contributed by atoms with E-state index in [9.17, 15) is 4.79 Å². The highest BCUT2D eigenvalue weighted by molar-refractivity contribution is 5.78. The van der Waals surface area contributed by atoms with E-state index in [1.165, 1.54) is 12.8 Å². The van der Waals surface area contributed by atoms with Crippen LogP contribution >= 0.6 is 0 Å². The van der Waals surface area contributed by atoms with Crippen molar-refractivity contribution < 1.29 is 9.53 Å². The van der Waals surface area contributed by atoms with E-state index in [4.69, 9.17) is 4.74 Å². The fraction of sp³-hybridized carbons (Fsp3) is 0.562. The first-order valence-corrected chi connectivity index (χ1v) is 6.84. The number of hydrogen-bond donors (Lipinski definition) is 0. The molecule has 1 unspecified atom stereocenters. The Kier molecular flexibility index (Phi) is 3.74. The second-order valence-electron chi connectivity index (χ2n) is 5.88. The zero-order valence-corrected chi connectivity index (χ0v) is 11.5. The van der Waals surface area contributed by atoms with Crippen molar-refractivity contribution in [1.82, 2.24) is 0 Å². The number of esters is 1. The smallest absolute Gasteiger partial charge is 0.315 e. The van der Waals surface area contributed by atoms with Gasteiger partial charge in [-0.3, -0.25) is 4.79 Å². The van der Waals surface area contributed by atoms with Crippen molar-refractivity contribution in [2.45, 2.75) is 46.5 Å². The Balaban J connectivity index is 2.19. The Bertz CT molecular complexity index is 434. The average molecular weight is 246 g/mol. The SMILES string of the molecule is CCCCC(C)(C)C1Cc2ccccc2OC1=O. The fourth-order valence-electron chi connectivity index (χ4n) is 2.66. The van der Waals surface area contributed by atoms with Crippen LogP contribution in [0.15, 0.2) is 24.3 Å². The molecule has 0 aliphatic carbocycles. The first kappa shape index (κ1) is 13.1. The van der Waals surface area contributed by atoms with Gasteiger partial charge in [-0.1, -0.05) is 51.8 Å². The Labute approximate surface area is 109 Å². The highest BCUT2D eigenvalue weighted by Gasteiger charge is 2.39. The predicted molar refractivity (Wildman–Crippen MR) is 72.6 cm³/mol. The molecule has 0 saturated carbocycles. The number of carbonyl (C=O) groups is 1. The lowest BCUT2D eigenvalue weighted by molar-refractivity contribution is -0.144. The molecule has 98 valence electrons. The molecule has 2 heteroatoms. The molecule has 1 aromatic rings. The minimum Gasteiger partial charge on any atom is -0.426 e. The van der Waals surface area contributed by atoms with Crippen molar-refractivity contribution in [3.8, 4) is 5.75 Å². The third kappa shape index (κ3) is 2.58. The summed E-state index contributed by atoms with van der Waals surface area (Å²) in [4.78, 5) is 12.1. The molecule has 0 bridgehead atoms. The summed E-state index contributed by atoms with van der Waals surface area (Å²) in [5.41, 5.74) is 1.17. The molecule has 1 heterocycles. The highest BCUT2D eigenvalue weighted by Crippen LogP contribution is 2.40. The van der Waals surface area contributed by atoms with E-state index in [0.29, 0.717) is 0 Å². The van der Waals surface area contributed by atoms with E-state index in [2.05, 4.69) is 26.8 Å². The number of hydrogen-bond acceptors (Lipinski definition) is 2. The van der Waals surface area contributed by atoms with E-state index in [-0.39, 0.29) is 17.3 Å². The third-order valence-corrected chi connectivity index (χ3v) is 4.01. The molecule has 0 spiro atoms. The Morgan fingerprint density at radius 1 is 1.33 bits per heavy atom. The lowest BCUT2D eigenvalue weighted by Gasteiger charge is -2.35. The summed E-state index contributed by atoms with van der Waals surface area (Å²) in [5, 5.41) is 0. The molecule has 1 aliphatic heterocycles. The number of fused-ring (bicyclic) bond motifs is 1. The van der Waals surface area contributed by atoms with Crippen molar-refractivity contribution in [2.24, 2.45) is 11.3 Å². The van der Waals surface area contributed by atoms with Crippen molar-refractivity contribution in [3.05, 3.63) is 29.8 Å². The van der Waals surface area contributed by atoms with Gasteiger partial charge in [-0.25, -0.2) is 0 Å². The second-order valence-corrected chi connectivity index (χ2v) is 5.88. The summed E-state index contributed by atoms with van der Waals surface area (Å²) in [5.74, 6) is 0.666. The van der Waals surface area contributed by atoms with Gasteiger partial charge in [-0.2, -0.15) is 0 Å². The van der Waals surface area contributed by atoms with Crippen LogP contribution in [0, 0.1) is 11.3 Å². The normalized spacial score (nSPS) is 19.3. The Morgan fingerprint density at radius 2 is 2.06 bits per heavy atom. The molecule has 2 nitrogen and oxygen atoms in total. The molecule has 18 heavy (non-hydrogen) atoms. The molecule has 0 amide bonds. The molecular weight excluding hydrogens is 224 g/mol. The number of unbranched alkanes of at least 4 members (excludes halogenated alkanes) is 1.